The summed E-state index contributed by atoms with van der Waals surface area (Å²) in [5.41, 5.74) is 8.22. The number of nitrogens with two attached hydrogens (primary N) is 1. The SMILES string of the molecule is CCN(CC)C(CN=C(N)Nc1cccc(OC)c1)c1ccsc1.I. The van der Waals surface area contributed by atoms with Crippen LogP contribution in [0, 0.1) is 0 Å². The smallest absolute Gasteiger partial charge is 0.193 e. The van der Waals surface area contributed by atoms with Gasteiger partial charge in [-0.1, -0.05) is 19.9 Å². The number of anilines is 1. The molecule has 5 nitrogen and oxygen atoms in total. The van der Waals surface area contributed by atoms with Crippen LogP contribution in [-0.4, -0.2) is 37.6 Å². The zero-order valence-electron chi connectivity index (χ0n) is 14.9. The lowest BCUT2D eigenvalue weighted by Crippen LogP contribution is -2.31. The molecule has 0 spiro atoms. The highest BCUT2D eigenvalue weighted by molar-refractivity contribution is 14.0. The van der Waals surface area contributed by atoms with E-state index in [0.717, 1.165) is 24.5 Å². The summed E-state index contributed by atoms with van der Waals surface area (Å²) in [4.78, 5) is 6.95. The average molecular weight is 474 g/mol. The van der Waals surface area contributed by atoms with E-state index in [1.54, 1.807) is 18.4 Å². The second kappa shape index (κ2) is 11.3. The summed E-state index contributed by atoms with van der Waals surface area (Å²) in [7, 11) is 1.64. The Balaban J connectivity index is 0.00000312. The van der Waals surface area contributed by atoms with Crippen molar-refractivity contribution < 1.29 is 4.74 Å². The molecule has 0 bridgehead atoms. The van der Waals surface area contributed by atoms with Gasteiger partial charge in [0.15, 0.2) is 5.96 Å². The van der Waals surface area contributed by atoms with E-state index < -0.39 is 0 Å². The summed E-state index contributed by atoms with van der Waals surface area (Å²) in [6.45, 7) is 6.93. The van der Waals surface area contributed by atoms with Crippen LogP contribution in [-0.2, 0) is 0 Å². The zero-order chi connectivity index (χ0) is 17.4. The zero-order valence-corrected chi connectivity index (χ0v) is 18.1. The number of benzene rings is 1. The predicted octanol–water partition coefficient (Wildman–Crippen LogP) is 4.18. The Hall–Kier alpha value is -1.32. The third-order valence-electron chi connectivity index (χ3n) is 3.96. The van der Waals surface area contributed by atoms with Gasteiger partial charge in [0.05, 0.1) is 19.7 Å². The number of halogens is 1. The molecule has 0 fully saturated rings. The van der Waals surface area contributed by atoms with E-state index >= 15 is 0 Å². The monoisotopic (exact) mass is 474 g/mol. The van der Waals surface area contributed by atoms with Crippen molar-refractivity contribution >= 4 is 47.0 Å². The van der Waals surface area contributed by atoms with Gasteiger partial charge in [-0.3, -0.25) is 9.89 Å². The molecule has 7 heteroatoms. The second-order valence-electron chi connectivity index (χ2n) is 5.38. The average Bonchev–Trinajstić information content (AvgIpc) is 3.13. The minimum absolute atomic E-state index is 0. The molecule has 138 valence electrons. The van der Waals surface area contributed by atoms with E-state index in [2.05, 4.69) is 45.9 Å². The summed E-state index contributed by atoms with van der Waals surface area (Å²) < 4.78 is 5.22. The summed E-state index contributed by atoms with van der Waals surface area (Å²) in [6, 6.07) is 10.0. The normalized spacial score (nSPS) is 12.6. The maximum atomic E-state index is 6.06. The molecule has 0 saturated carbocycles. The van der Waals surface area contributed by atoms with E-state index in [9.17, 15) is 0 Å². The number of guanidine groups is 1. The minimum atomic E-state index is 0. The van der Waals surface area contributed by atoms with Crippen molar-refractivity contribution in [1.29, 1.82) is 0 Å². The third-order valence-corrected chi connectivity index (χ3v) is 4.66. The summed E-state index contributed by atoms with van der Waals surface area (Å²) >= 11 is 1.71. The van der Waals surface area contributed by atoms with E-state index in [1.807, 2.05) is 24.3 Å². The molecule has 2 aromatic rings. The van der Waals surface area contributed by atoms with Crippen LogP contribution in [0.3, 0.4) is 0 Å². The first-order valence-electron chi connectivity index (χ1n) is 8.15. The van der Waals surface area contributed by atoms with Crippen LogP contribution >= 0.6 is 35.3 Å². The van der Waals surface area contributed by atoms with Crippen molar-refractivity contribution in [3.8, 4) is 5.75 Å². The first-order chi connectivity index (χ1) is 11.7. The largest absolute Gasteiger partial charge is 0.497 e. The summed E-state index contributed by atoms with van der Waals surface area (Å²) in [5, 5.41) is 7.41. The fourth-order valence-corrected chi connectivity index (χ4v) is 3.34. The molecular weight excluding hydrogens is 447 g/mol. The minimum Gasteiger partial charge on any atom is -0.497 e. The fraction of sp³-hybridized carbons (Fsp3) is 0.389. The van der Waals surface area contributed by atoms with Gasteiger partial charge < -0.3 is 15.8 Å². The lowest BCUT2D eigenvalue weighted by Gasteiger charge is -2.28. The Bertz CT molecular complexity index is 644. The predicted molar refractivity (Wildman–Crippen MR) is 119 cm³/mol. The van der Waals surface area contributed by atoms with Crippen LogP contribution in [0.2, 0.25) is 0 Å². The Kier molecular flexibility index (Phi) is 9.84. The number of methoxy groups -OCH3 is 1. The van der Waals surface area contributed by atoms with E-state index in [-0.39, 0.29) is 30.0 Å². The van der Waals surface area contributed by atoms with Crippen LogP contribution < -0.4 is 15.8 Å². The third kappa shape index (κ3) is 6.48. The standard InChI is InChI=1S/C18H26N4OS.HI/c1-4-22(5-2)17(14-9-10-24-13-14)12-20-18(19)21-15-7-6-8-16(11-15)23-3;/h6-11,13,17H,4-5,12H2,1-3H3,(H3,19,20,21);1H. The van der Waals surface area contributed by atoms with Crippen LogP contribution in [0.1, 0.15) is 25.5 Å². The molecule has 0 aliphatic heterocycles. The van der Waals surface area contributed by atoms with Crippen LogP contribution in [0.4, 0.5) is 5.69 Å². The van der Waals surface area contributed by atoms with Crippen molar-refractivity contribution in [3.63, 3.8) is 0 Å². The van der Waals surface area contributed by atoms with Crippen molar-refractivity contribution in [2.75, 3.05) is 32.1 Å². The Morgan fingerprint density at radius 1 is 1.32 bits per heavy atom. The Labute approximate surface area is 171 Å². The van der Waals surface area contributed by atoms with Crippen molar-refractivity contribution in [2.24, 2.45) is 10.7 Å². The number of likely N-dealkylation sites (N-methyl/N-ethyl adjacent to an activating group) is 1. The summed E-state index contributed by atoms with van der Waals surface area (Å²) in [5.74, 6) is 1.20. The van der Waals surface area contributed by atoms with Gasteiger partial charge in [-0.25, -0.2) is 0 Å². The topological polar surface area (TPSA) is 62.9 Å². The number of ether oxygens (including phenoxy) is 1. The van der Waals surface area contributed by atoms with Gasteiger partial charge in [0.25, 0.3) is 0 Å². The van der Waals surface area contributed by atoms with Crippen LogP contribution in [0.5, 0.6) is 5.75 Å². The molecule has 3 N–H and O–H groups in total. The maximum absolute atomic E-state index is 6.06. The number of hydrogen-bond donors (Lipinski definition) is 2. The van der Waals surface area contributed by atoms with Gasteiger partial charge in [0, 0.05) is 11.8 Å². The lowest BCUT2D eigenvalue weighted by atomic mass is 10.1. The molecule has 0 radical (unpaired) electrons. The van der Waals surface area contributed by atoms with Crippen molar-refractivity contribution in [3.05, 3.63) is 46.7 Å². The van der Waals surface area contributed by atoms with Crippen LogP contribution in [0.15, 0.2) is 46.1 Å². The quantitative estimate of drug-likeness (QED) is 0.342. The van der Waals surface area contributed by atoms with Crippen molar-refractivity contribution in [2.45, 2.75) is 19.9 Å². The fourth-order valence-electron chi connectivity index (χ4n) is 2.63. The molecule has 25 heavy (non-hydrogen) atoms. The maximum Gasteiger partial charge on any atom is 0.193 e. The van der Waals surface area contributed by atoms with Gasteiger partial charge >= 0.3 is 0 Å². The van der Waals surface area contributed by atoms with E-state index in [4.69, 9.17) is 10.5 Å². The van der Waals surface area contributed by atoms with Gasteiger partial charge in [-0.2, -0.15) is 11.3 Å². The van der Waals surface area contributed by atoms with Gasteiger partial charge in [0.2, 0.25) is 0 Å². The molecule has 1 aromatic heterocycles. The molecule has 0 amide bonds. The number of nitrogens with zero attached hydrogens (tertiary/aromatic N) is 2. The first kappa shape index (κ1) is 21.7. The van der Waals surface area contributed by atoms with Crippen molar-refractivity contribution in [1.82, 2.24) is 4.90 Å². The van der Waals surface area contributed by atoms with E-state index in [1.165, 1.54) is 5.56 Å². The number of nitrogens with one attached hydrogen (secondary N) is 1. The molecule has 1 unspecified atom stereocenters. The summed E-state index contributed by atoms with van der Waals surface area (Å²) in [6.07, 6.45) is 0. The molecule has 0 saturated heterocycles. The molecule has 2 rings (SSSR count). The van der Waals surface area contributed by atoms with Gasteiger partial charge in [-0.05, 0) is 47.6 Å². The molecule has 1 aromatic carbocycles. The highest BCUT2D eigenvalue weighted by Crippen LogP contribution is 2.23. The Morgan fingerprint density at radius 2 is 2.08 bits per heavy atom. The van der Waals surface area contributed by atoms with Gasteiger partial charge in [0.1, 0.15) is 5.75 Å². The lowest BCUT2D eigenvalue weighted by molar-refractivity contribution is 0.225. The molecule has 0 aliphatic rings. The molecule has 0 aliphatic carbocycles. The molecule has 1 heterocycles. The molecule has 1 atom stereocenters. The number of aliphatic imine (C=N–C) groups is 1. The highest BCUT2D eigenvalue weighted by Gasteiger charge is 2.18. The number of rotatable bonds is 8. The van der Waals surface area contributed by atoms with Crippen LogP contribution in [0.25, 0.3) is 0 Å². The second-order valence-corrected chi connectivity index (χ2v) is 6.16. The molecular formula is C18H27IN4OS. The van der Waals surface area contributed by atoms with Gasteiger partial charge in [-0.15, -0.1) is 24.0 Å². The number of hydrogen-bond acceptors (Lipinski definition) is 4. The first-order valence-corrected chi connectivity index (χ1v) is 9.09. The van der Waals surface area contributed by atoms with E-state index in [0.29, 0.717) is 12.5 Å². The number of thiophene rings is 1. The highest BCUT2D eigenvalue weighted by atomic mass is 127. The Morgan fingerprint density at radius 3 is 2.68 bits per heavy atom.